The van der Waals surface area contributed by atoms with Crippen LogP contribution in [0.1, 0.15) is 145 Å². The number of oxime groups is 1. The van der Waals surface area contributed by atoms with Gasteiger partial charge in [0.15, 0.2) is 0 Å². The van der Waals surface area contributed by atoms with Crippen molar-refractivity contribution in [2.75, 3.05) is 81.4 Å². The first-order valence-corrected chi connectivity index (χ1v) is 31.0. The van der Waals surface area contributed by atoms with Crippen LogP contribution < -0.4 is 0 Å². The van der Waals surface area contributed by atoms with Gasteiger partial charge in [-0.05, 0) is 133 Å². The lowest BCUT2D eigenvalue weighted by Gasteiger charge is -2.43. The van der Waals surface area contributed by atoms with Crippen molar-refractivity contribution in [3.8, 4) is 0 Å². The van der Waals surface area contributed by atoms with Gasteiger partial charge in [0.25, 0.3) is 11.7 Å². The molecule has 0 spiro atoms. The number of rotatable bonds is 16. The second kappa shape index (κ2) is 34.8. The molecule has 4 aliphatic heterocycles. The molecule has 0 aromatic rings. The highest BCUT2D eigenvalue weighted by Gasteiger charge is 2.53. The summed E-state index contributed by atoms with van der Waals surface area (Å²) in [5.74, 6) is -8.26. The fourth-order valence-corrected chi connectivity index (χ4v) is 12.9. The lowest BCUT2D eigenvalue weighted by atomic mass is 9.78. The zero-order valence-electron chi connectivity index (χ0n) is 52.6. The maximum atomic E-state index is 14.9. The van der Waals surface area contributed by atoms with Crippen LogP contribution in [0.15, 0.2) is 52.8 Å². The SMILES string of the molecule is CO[C@H]1C[C@@H]2CC[C@@H](C)[C@@](O)(O2)C(=O)C(=O)N2CCCC[C@H]2C(=O)O[C@H]([C@H](C)C[C@@H]2CC[C@@H](OC(=O)CCCCN3CCN(C)CC3)[C@H](OC)C2)C[C@@H](OC)[C@H](C)/C=C(\C)[C@@H](O)[C@@H](OC)C(=NOCC(=O)O)[C@H](C)C[C@H](C)/C=C/C=C/C=C/1C. The van der Waals surface area contributed by atoms with Crippen molar-refractivity contribution in [2.45, 2.75) is 205 Å². The molecule has 16 atom stereocenters. The van der Waals surface area contributed by atoms with Gasteiger partial charge in [-0.3, -0.25) is 14.4 Å². The van der Waals surface area contributed by atoms with Gasteiger partial charge in [0.1, 0.15) is 30.5 Å². The average molecular weight is 1190 g/mol. The molecular formula is C64H104N4O16. The molecule has 5 aliphatic rings. The van der Waals surface area contributed by atoms with Gasteiger partial charge >= 0.3 is 17.9 Å². The highest BCUT2D eigenvalue weighted by molar-refractivity contribution is 6.39. The summed E-state index contributed by atoms with van der Waals surface area (Å²) in [7, 11) is 8.39. The van der Waals surface area contributed by atoms with Gasteiger partial charge in [-0.2, -0.15) is 0 Å². The van der Waals surface area contributed by atoms with Crippen LogP contribution in [0.4, 0.5) is 0 Å². The van der Waals surface area contributed by atoms with Crippen LogP contribution in [-0.2, 0) is 62.0 Å². The van der Waals surface area contributed by atoms with Crippen molar-refractivity contribution in [3.05, 3.63) is 47.6 Å². The monoisotopic (exact) mass is 1180 g/mol. The number of nitrogens with zero attached hydrogens (tertiary/aromatic N) is 4. The molecule has 84 heavy (non-hydrogen) atoms. The van der Waals surface area contributed by atoms with Gasteiger partial charge in [-0.25, -0.2) is 9.59 Å². The molecule has 0 unspecified atom stereocenters. The Labute approximate surface area is 500 Å². The molecule has 0 radical (unpaired) electrons. The van der Waals surface area contributed by atoms with E-state index >= 15 is 0 Å². The lowest BCUT2D eigenvalue weighted by molar-refractivity contribution is -0.265. The Morgan fingerprint density at radius 1 is 0.810 bits per heavy atom. The number of aliphatic hydroxyl groups is 2. The number of hydrogen-bond donors (Lipinski definition) is 3. The Hall–Kier alpha value is -4.38. The summed E-state index contributed by atoms with van der Waals surface area (Å²) in [5, 5.41) is 37.9. The molecule has 3 N–H and O–H groups in total. The van der Waals surface area contributed by atoms with E-state index in [9.17, 15) is 39.3 Å². The molecule has 20 heteroatoms. The number of ether oxygens (including phenoxy) is 7. The topological polar surface area (TPSA) is 242 Å². The number of likely N-dealkylation sites (N-methyl/N-ethyl adjacent to an activating group) is 1. The van der Waals surface area contributed by atoms with E-state index in [0.29, 0.717) is 75.5 Å². The zero-order valence-corrected chi connectivity index (χ0v) is 52.6. The number of amides is 1. The van der Waals surface area contributed by atoms with Crippen molar-refractivity contribution in [3.63, 3.8) is 0 Å². The fourth-order valence-electron chi connectivity index (χ4n) is 12.9. The number of ketones is 1. The minimum atomic E-state index is -2.44. The van der Waals surface area contributed by atoms with E-state index in [-0.39, 0.29) is 67.2 Å². The normalized spacial score (nSPS) is 36.7. The minimum Gasteiger partial charge on any atom is -0.479 e. The number of aliphatic hydroxyl groups excluding tert-OH is 1. The van der Waals surface area contributed by atoms with E-state index in [2.05, 4.69) is 22.0 Å². The molecule has 4 fully saturated rings. The van der Waals surface area contributed by atoms with Crippen molar-refractivity contribution >= 4 is 35.3 Å². The molecule has 1 aliphatic carbocycles. The number of esters is 2. The van der Waals surface area contributed by atoms with Gasteiger partial charge in [-0.1, -0.05) is 76.2 Å². The number of carbonyl (C=O) groups is 5. The lowest BCUT2D eigenvalue weighted by Crippen LogP contribution is -2.61. The minimum absolute atomic E-state index is 0.00117. The number of carboxylic acid groups (broad SMARTS) is 1. The first-order chi connectivity index (χ1) is 40.0. The number of fused-ring (bicyclic) bond motifs is 3. The molecule has 0 aromatic carbocycles. The molecular weight excluding hydrogens is 1080 g/mol. The Kier molecular flexibility index (Phi) is 29.2. The zero-order chi connectivity index (χ0) is 61.7. The second-order valence-electron chi connectivity index (χ2n) is 24.8. The van der Waals surface area contributed by atoms with Crippen molar-refractivity contribution in [1.29, 1.82) is 0 Å². The van der Waals surface area contributed by atoms with Crippen LogP contribution in [0, 0.1) is 35.5 Å². The van der Waals surface area contributed by atoms with E-state index in [4.69, 9.17) is 38.0 Å². The van der Waals surface area contributed by atoms with Gasteiger partial charge in [0, 0.05) is 98.2 Å². The number of unbranched alkanes of at least 4 members (excludes halogenated alkanes) is 1. The quantitative estimate of drug-likeness (QED) is 0.0446. The number of aliphatic carboxylic acids is 1. The van der Waals surface area contributed by atoms with E-state index in [0.717, 1.165) is 57.6 Å². The Morgan fingerprint density at radius 2 is 1.54 bits per heavy atom. The molecule has 4 heterocycles. The van der Waals surface area contributed by atoms with Gasteiger partial charge in [-0.15, -0.1) is 0 Å². The van der Waals surface area contributed by atoms with E-state index < -0.39 is 84.6 Å². The molecule has 5 rings (SSSR count). The summed E-state index contributed by atoms with van der Waals surface area (Å²) in [6.07, 6.45) is 14.1. The van der Waals surface area contributed by atoms with Crippen LogP contribution >= 0.6 is 0 Å². The van der Waals surface area contributed by atoms with Crippen LogP contribution in [0.3, 0.4) is 0 Å². The first-order valence-electron chi connectivity index (χ1n) is 31.0. The summed E-state index contributed by atoms with van der Waals surface area (Å²) in [6, 6.07) is -1.12. The third-order valence-corrected chi connectivity index (χ3v) is 18.3. The highest BCUT2D eigenvalue weighted by atomic mass is 16.6. The van der Waals surface area contributed by atoms with Crippen LogP contribution in [0.5, 0.6) is 0 Å². The van der Waals surface area contributed by atoms with Crippen molar-refractivity contribution in [2.24, 2.45) is 40.7 Å². The number of Topliss-reactive ketones (excluding diaryl/α,β-unsaturated/α-hetero) is 1. The fraction of sp³-hybridized carbons (Fsp3) is 0.781. The Balaban J connectivity index is 1.44. The molecule has 1 amide bonds. The van der Waals surface area contributed by atoms with Gasteiger partial charge in [0.2, 0.25) is 12.4 Å². The number of cyclic esters (lactones) is 1. The summed E-state index contributed by atoms with van der Waals surface area (Å²) >= 11 is 0. The molecule has 1 saturated carbocycles. The van der Waals surface area contributed by atoms with Gasteiger partial charge in [0.05, 0.1) is 30.1 Å². The number of piperidine rings is 1. The molecule has 20 nitrogen and oxygen atoms in total. The largest absolute Gasteiger partial charge is 0.479 e. The number of methoxy groups -OCH3 is 4. The predicted octanol–water partition coefficient (Wildman–Crippen LogP) is 7.48. The Morgan fingerprint density at radius 3 is 2.21 bits per heavy atom. The third-order valence-electron chi connectivity index (χ3n) is 18.3. The van der Waals surface area contributed by atoms with Crippen molar-refractivity contribution in [1.82, 2.24) is 14.7 Å². The van der Waals surface area contributed by atoms with Crippen LogP contribution in [0.25, 0.3) is 0 Å². The standard InChI is InChI=1S/C64H104N4O16/c1-41-20-14-13-15-21-42(2)52(77-9)38-49-26-24-47(7)64(76,84-49)61(73)62(74)68-29-19-16-22-50(68)63(75)83-54(39-53(78-10)43(3)35-46(6)59(72)60(80-12)58(45(5)34-41)65-81-40-56(69)70)44(4)36-48-25-27-51(55(37-48)79-11)82-57(71)23-17-18-28-67-32-30-66(8)31-33-67/h13-15,20-21,35,41,43-45,47-55,59-60,72,76H,16-19,22-34,36-40H2,1-12H3,(H,69,70)/b15-13+,20-14+,42-21+,46-35+,65-58?/t41-,43-,44-,45-,47-,48+,49+,50+,51-,52+,53-,54+,55-,59-,60+,64-/m1/s1. The molecule has 3 saturated heterocycles. The predicted molar refractivity (Wildman–Crippen MR) is 319 cm³/mol. The average Bonchev–Trinajstić information content (AvgIpc) is 3.46. The Bertz CT molecular complexity index is 2270. The van der Waals surface area contributed by atoms with Crippen LogP contribution in [0.2, 0.25) is 0 Å². The smallest absolute Gasteiger partial charge is 0.344 e. The van der Waals surface area contributed by atoms with Crippen molar-refractivity contribution < 1.29 is 77.3 Å². The number of hydrogen-bond acceptors (Lipinski definition) is 18. The third kappa shape index (κ3) is 20.6. The maximum absolute atomic E-state index is 14.9. The van der Waals surface area contributed by atoms with E-state index in [1.165, 1.54) is 12.0 Å². The number of allylic oxidation sites excluding steroid dienone is 5. The van der Waals surface area contributed by atoms with E-state index in [1.807, 2.05) is 71.1 Å². The summed E-state index contributed by atoms with van der Waals surface area (Å²) in [5.41, 5.74) is 1.73. The number of carbonyl (C=O) groups excluding carboxylic acids is 4. The summed E-state index contributed by atoms with van der Waals surface area (Å²) < 4.78 is 43.0. The highest BCUT2D eigenvalue weighted by Crippen LogP contribution is 2.39. The summed E-state index contributed by atoms with van der Waals surface area (Å²) in [6.45, 7) is 17.9. The summed E-state index contributed by atoms with van der Waals surface area (Å²) in [4.78, 5) is 80.0. The maximum Gasteiger partial charge on any atom is 0.344 e. The number of carboxylic acids is 1. The first kappa shape index (κ1) is 70.4. The molecule has 476 valence electrons. The number of piperazine rings is 1. The van der Waals surface area contributed by atoms with E-state index in [1.54, 1.807) is 35.2 Å². The second-order valence-corrected chi connectivity index (χ2v) is 24.8. The molecule has 2 bridgehead atoms. The molecule has 0 aromatic heterocycles. The van der Waals surface area contributed by atoms with Gasteiger partial charge < -0.3 is 68.0 Å². The van der Waals surface area contributed by atoms with Crippen LogP contribution in [-0.4, -0.2) is 207 Å².